The third-order valence-corrected chi connectivity index (χ3v) is 3.60. The fraction of sp³-hybridized carbons (Fsp3) is 0.571. The van der Waals surface area contributed by atoms with Crippen LogP contribution in [-0.2, 0) is 20.9 Å². The predicted octanol–water partition coefficient (Wildman–Crippen LogP) is 0.0942. The van der Waals surface area contributed by atoms with E-state index in [9.17, 15) is 4.79 Å². The lowest BCUT2D eigenvalue weighted by atomic mass is 10.2. The third-order valence-electron chi connectivity index (χ3n) is 3.60. The summed E-state index contributed by atoms with van der Waals surface area (Å²) in [6.07, 6.45) is 1.53. The van der Waals surface area contributed by atoms with Gasteiger partial charge in [0.25, 0.3) is 5.91 Å². The van der Waals surface area contributed by atoms with Gasteiger partial charge in [-0.2, -0.15) is 0 Å². The molecule has 0 saturated carbocycles. The zero-order valence-corrected chi connectivity index (χ0v) is 12.5. The van der Waals surface area contributed by atoms with Gasteiger partial charge in [0.15, 0.2) is 0 Å². The first-order valence-corrected chi connectivity index (χ1v) is 7.33. The highest BCUT2D eigenvalue weighted by Crippen LogP contribution is 2.13. The van der Waals surface area contributed by atoms with Crippen LogP contribution in [-0.4, -0.2) is 54.0 Å². The van der Waals surface area contributed by atoms with Gasteiger partial charge in [0, 0.05) is 25.6 Å². The summed E-state index contributed by atoms with van der Waals surface area (Å²) in [5.74, 6) is 0.686. The lowest BCUT2D eigenvalue weighted by molar-refractivity contribution is -0.131. The Bertz CT molecular complexity index is 571. The Labute approximate surface area is 128 Å². The van der Waals surface area contributed by atoms with E-state index in [1.807, 2.05) is 13.0 Å². The molecule has 0 bridgehead atoms. The van der Waals surface area contributed by atoms with Crippen LogP contribution in [0.15, 0.2) is 17.5 Å². The summed E-state index contributed by atoms with van der Waals surface area (Å²) in [5.41, 5.74) is 1.59. The Hall–Kier alpha value is -2.22. The number of oxime groups is 1. The summed E-state index contributed by atoms with van der Waals surface area (Å²) in [6.45, 7) is 5.22. The lowest BCUT2D eigenvalue weighted by Crippen LogP contribution is -2.37. The number of hydrogen-bond donors (Lipinski definition) is 1. The second kappa shape index (κ2) is 6.69. The molecular weight excluding hydrogens is 286 g/mol. The second-order valence-corrected chi connectivity index (χ2v) is 5.31. The Balaban J connectivity index is 1.55. The van der Waals surface area contributed by atoms with Crippen LogP contribution in [0.25, 0.3) is 0 Å². The van der Waals surface area contributed by atoms with Crippen LogP contribution >= 0.6 is 0 Å². The van der Waals surface area contributed by atoms with E-state index < -0.39 is 6.10 Å². The summed E-state index contributed by atoms with van der Waals surface area (Å²) in [6, 6.07) is 1.89. The number of anilines is 1. The minimum atomic E-state index is -0.527. The number of ether oxygens (including phenoxy) is 1. The molecule has 0 spiro atoms. The number of nitrogens with zero attached hydrogens (tertiary/aromatic N) is 4. The summed E-state index contributed by atoms with van der Waals surface area (Å²) in [7, 11) is 0. The minimum Gasteiger partial charge on any atom is -0.382 e. The summed E-state index contributed by atoms with van der Waals surface area (Å²) >= 11 is 0. The Morgan fingerprint density at radius 1 is 1.41 bits per heavy atom. The SMILES string of the molecule is CC1=NO[C@H](C(=O)NCc2cc(N3CCOCC3)ncn2)C1. The van der Waals surface area contributed by atoms with Crippen molar-refractivity contribution in [3.8, 4) is 0 Å². The smallest absolute Gasteiger partial charge is 0.264 e. The zero-order chi connectivity index (χ0) is 15.4. The van der Waals surface area contributed by atoms with Crippen molar-refractivity contribution in [3.63, 3.8) is 0 Å². The van der Waals surface area contributed by atoms with Crippen LogP contribution in [0.5, 0.6) is 0 Å². The zero-order valence-electron chi connectivity index (χ0n) is 12.5. The fourth-order valence-electron chi connectivity index (χ4n) is 2.38. The molecule has 2 aliphatic rings. The van der Waals surface area contributed by atoms with Crippen molar-refractivity contribution in [1.29, 1.82) is 0 Å². The summed E-state index contributed by atoms with van der Waals surface area (Å²) in [5, 5.41) is 6.60. The van der Waals surface area contributed by atoms with Gasteiger partial charge in [-0.1, -0.05) is 5.16 Å². The first-order valence-electron chi connectivity index (χ1n) is 7.33. The molecular formula is C14H19N5O3. The number of hydrogen-bond acceptors (Lipinski definition) is 7. The highest BCUT2D eigenvalue weighted by atomic mass is 16.6. The third kappa shape index (κ3) is 3.51. The van der Waals surface area contributed by atoms with Gasteiger partial charge < -0.3 is 19.8 Å². The molecule has 0 radical (unpaired) electrons. The van der Waals surface area contributed by atoms with Crippen molar-refractivity contribution >= 4 is 17.4 Å². The molecule has 8 heteroatoms. The number of amides is 1. The molecule has 118 valence electrons. The molecule has 1 atom stereocenters. The van der Waals surface area contributed by atoms with Gasteiger partial charge >= 0.3 is 0 Å². The quantitative estimate of drug-likeness (QED) is 0.848. The van der Waals surface area contributed by atoms with Crippen molar-refractivity contribution in [2.45, 2.75) is 26.0 Å². The monoisotopic (exact) mass is 305 g/mol. The molecule has 1 N–H and O–H groups in total. The van der Waals surface area contributed by atoms with Crippen molar-refractivity contribution in [2.75, 3.05) is 31.2 Å². The molecule has 8 nitrogen and oxygen atoms in total. The van der Waals surface area contributed by atoms with Gasteiger partial charge in [-0.3, -0.25) is 4.79 Å². The first kappa shape index (κ1) is 14.7. The summed E-state index contributed by atoms with van der Waals surface area (Å²) in [4.78, 5) is 27.6. The summed E-state index contributed by atoms with van der Waals surface area (Å²) < 4.78 is 5.33. The average Bonchev–Trinajstić information content (AvgIpc) is 3.00. The minimum absolute atomic E-state index is 0.174. The van der Waals surface area contributed by atoms with E-state index in [1.165, 1.54) is 6.33 Å². The highest BCUT2D eigenvalue weighted by molar-refractivity contribution is 5.91. The first-order chi connectivity index (χ1) is 10.7. The van der Waals surface area contributed by atoms with Crippen LogP contribution in [0.1, 0.15) is 19.0 Å². The molecule has 0 aliphatic carbocycles. The maximum absolute atomic E-state index is 12.0. The van der Waals surface area contributed by atoms with E-state index in [2.05, 4.69) is 25.3 Å². The van der Waals surface area contributed by atoms with Crippen molar-refractivity contribution in [3.05, 3.63) is 18.1 Å². The van der Waals surface area contributed by atoms with Gasteiger partial charge in [-0.05, 0) is 6.92 Å². The predicted molar refractivity (Wildman–Crippen MR) is 79.5 cm³/mol. The lowest BCUT2D eigenvalue weighted by Gasteiger charge is -2.27. The van der Waals surface area contributed by atoms with E-state index in [0.29, 0.717) is 26.2 Å². The van der Waals surface area contributed by atoms with Crippen LogP contribution in [0, 0.1) is 0 Å². The Morgan fingerprint density at radius 3 is 2.95 bits per heavy atom. The number of rotatable bonds is 4. The average molecular weight is 305 g/mol. The largest absolute Gasteiger partial charge is 0.382 e. The number of aromatic nitrogens is 2. The second-order valence-electron chi connectivity index (χ2n) is 5.31. The fourth-order valence-corrected chi connectivity index (χ4v) is 2.38. The highest BCUT2D eigenvalue weighted by Gasteiger charge is 2.25. The maximum atomic E-state index is 12.0. The standard InChI is InChI=1S/C14H19N5O3/c1-10-6-12(22-18-10)14(20)15-8-11-7-13(17-9-16-11)19-2-4-21-5-3-19/h7,9,12H,2-6,8H2,1H3,(H,15,20)/t12-/m0/s1. The van der Waals surface area contributed by atoms with Gasteiger partial charge in [-0.25, -0.2) is 9.97 Å². The Morgan fingerprint density at radius 2 is 2.23 bits per heavy atom. The van der Waals surface area contributed by atoms with Crippen LogP contribution in [0.3, 0.4) is 0 Å². The van der Waals surface area contributed by atoms with Crippen molar-refractivity contribution < 1.29 is 14.4 Å². The number of carbonyl (C=O) groups excluding carboxylic acids is 1. The van der Waals surface area contributed by atoms with E-state index in [1.54, 1.807) is 0 Å². The van der Waals surface area contributed by atoms with Gasteiger partial charge in [0.2, 0.25) is 6.10 Å². The van der Waals surface area contributed by atoms with Crippen LogP contribution in [0.4, 0.5) is 5.82 Å². The van der Waals surface area contributed by atoms with E-state index >= 15 is 0 Å². The topological polar surface area (TPSA) is 88.9 Å². The Kier molecular flexibility index (Phi) is 4.47. The van der Waals surface area contributed by atoms with Gasteiger partial charge in [0.05, 0.1) is 31.2 Å². The van der Waals surface area contributed by atoms with Gasteiger partial charge in [0.1, 0.15) is 12.1 Å². The molecule has 3 heterocycles. The van der Waals surface area contributed by atoms with Crippen molar-refractivity contribution in [2.24, 2.45) is 5.16 Å². The van der Waals surface area contributed by atoms with Gasteiger partial charge in [-0.15, -0.1) is 0 Å². The maximum Gasteiger partial charge on any atom is 0.264 e. The molecule has 2 aliphatic heterocycles. The van der Waals surface area contributed by atoms with E-state index in [0.717, 1.165) is 30.3 Å². The van der Waals surface area contributed by atoms with Crippen molar-refractivity contribution in [1.82, 2.24) is 15.3 Å². The number of carbonyl (C=O) groups is 1. The molecule has 0 aromatic carbocycles. The molecule has 0 unspecified atom stereocenters. The molecule has 1 aromatic rings. The van der Waals surface area contributed by atoms with Crippen LogP contribution in [0.2, 0.25) is 0 Å². The molecule has 1 aromatic heterocycles. The molecule has 1 amide bonds. The molecule has 3 rings (SSSR count). The number of morpholine rings is 1. The normalized spacial score (nSPS) is 21.2. The molecule has 22 heavy (non-hydrogen) atoms. The molecule has 1 saturated heterocycles. The van der Waals surface area contributed by atoms with Crippen LogP contribution < -0.4 is 10.2 Å². The van der Waals surface area contributed by atoms with E-state index in [4.69, 9.17) is 9.57 Å². The number of nitrogens with one attached hydrogen (secondary N) is 1. The van der Waals surface area contributed by atoms with E-state index in [-0.39, 0.29) is 5.91 Å². The molecule has 1 fully saturated rings.